The van der Waals surface area contributed by atoms with Crippen LogP contribution < -0.4 is 44.7 Å². The number of carbonyl (C=O) groups excluding carboxylic acids is 1. The second-order valence-corrected chi connectivity index (χ2v) is 5.09. The van der Waals surface area contributed by atoms with E-state index in [9.17, 15) is 9.90 Å². The van der Waals surface area contributed by atoms with Crippen LogP contribution in [-0.2, 0) is 4.79 Å². The van der Waals surface area contributed by atoms with Gasteiger partial charge in [-0.1, -0.05) is 37.1 Å². The van der Waals surface area contributed by atoms with E-state index in [1.54, 1.807) is 18.2 Å². The van der Waals surface area contributed by atoms with Crippen molar-refractivity contribution in [2.24, 2.45) is 0 Å². The van der Waals surface area contributed by atoms with Crippen LogP contribution in [0.4, 0.5) is 0 Å². The van der Waals surface area contributed by atoms with Crippen LogP contribution in [-0.4, -0.2) is 19.1 Å². The van der Waals surface area contributed by atoms with Crippen LogP contribution in [0.25, 0.3) is 6.08 Å². The Morgan fingerprint density at radius 2 is 2.05 bits per heavy atom. The van der Waals surface area contributed by atoms with Gasteiger partial charge in [0.2, 0.25) is 5.91 Å². The number of ether oxygens (including phenoxy) is 1. The molecule has 2 rings (SSSR count). The van der Waals surface area contributed by atoms with Crippen molar-refractivity contribution in [3.05, 3.63) is 29.8 Å². The average Bonchev–Trinajstić information content (AvgIpc) is 2.47. The Hall–Kier alpha value is -0.970. The number of benzene rings is 1. The minimum Gasteiger partial charge on any atom is -0.870 e. The van der Waals surface area contributed by atoms with Crippen LogP contribution in [0.1, 0.15) is 37.7 Å². The molecule has 1 fully saturated rings. The van der Waals surface area contributed by atoms with Gasteiger partial charge in [0.25, 0.3) is 0 Å². The summed E-state index contributed by atoms with van der Waals surface area (Å²) in [5.41, 5.74) is 0.778. The summed E-state index contributed by atoms with van der Waals surface area (Å²) in [5.74, 6) is 0.0539. The number of rotatable bonds is 4. The first kappa shape index (κ1) is 18.1. The normalized spacial score (nSPS) is 15.5. The van der Waals surface area contributed by atoms with E-state index < -0.39 is 0 Å². The van der Waals surface area contributed by atoms with E-state index >= 15 is 0 Å². The summed E-state index contributed by atoms with van der Waals surface area (Å²) >= 11 is 0. The molecule has 0 radical (unpaired) electrons. The molecule has 5 heteroatoms. The second kappa shape index (κ2) is 9.13. The molecule has 1 aliphatic carbocycles. The first-order valence-corrected chi connectivity index (χ1v) is 7.02. The second-order valence-electron chi connectivity index (χ2n) is 5.09. The Balaban J connectivity index is 0.00000220. The predicted molar refractivity (Wildman–Crippen MR) is 76.5 cm³/mol. The predicted octanol–water partition coefficient (Wildman–Crippen LogP) is -0.765. The largest absolute Gasteiger partial charge is 1.00 e. The quantitative estimate of drug-likeness (QED) is 0.587. The summed E-state index contributed by atoms with van der Waals surface area (Å²) < 4.78 is 4.97. The monoisotopic (exact) mass is 297 g/mol. The summed E-state index contributed by atoms with van der Waals surface area (Å²) in [4.78, 5) is 11.8. The first-order chi connectivity index (χ1) is 9.69. The van der Waals surface area contributed by atoms with Crippen molar-refractivity contribution in [2.45, 2.75) is 38.1 Å². The molecule has 0 spiro atoms. The zero-order chi connectivity index (χ0) is 14.4. The van der Waals surface area contributed by atoms with Gasteiger partial charge in [0.1, 0.15) is 5.75 Å². The van der Waals surface area contributed by atoms with Crippen LogP contribution in [0.5, 0.6) is 11.5 Å². The fourth-order valence-corrected chi connectivity index (χ4v) is 2.46. The minimum atomic E-state index is -0.156. The van der Waals surface area contributed by atoms with E-state index in [0.717, 1.165) is 18.4 Å². The Bertz CT molecular complexity index is 496. The molecule has 4 nitrogen and oxygen atoms in total. The first-order valence-electron chi connectivity index (χ1n) is 7.02. The van der Waals surface area contributed by atoms with Crippen molar-refractivity contribution in [3.8, 4) is 11.5 Å². The van der Waals surface area contributed by atoms with Gasteiger partial charge in [0.15, 0.2) is 0 Å². The van der Waals surface area contributed by atoms with Crippen LogP contribution in [0.3, 0.4) is 0 Å². The fraction of sp³-hybridized carbons (Fsp3) is 0.438. The zero-order valence-electron chi connectivity index (χ0n) is 12.7. The standard InChI is InChI=1S/C16H21NO3.Na/c1-20-15-11-12(7-9-14(15)18)8-10-16(19)17-13-5-3-2-4-6-13;/h7-11,13,18H,2-6H2,1H3,(H,17,19);/q;+1/p-1/b10-8+;. The molecule has 0 atom stereocenters. The van der Waals surface area contributed by atoms with Gasteiger partial charge in [-0.3, -0.25) is 4.79 Å². The van der Waals surface area contributed by atoms with E-state index in [2.05, 4.69) is 5.32 Å². The molecule has 0 unspecified atom stereocenters. The summed E-state index contributed by atoms with van der Waals surface area (Å²) in [6.07, 6.45) is 8.99. The van der Waals surface area contributed by atoms with Crippen LogP contribution in [0, 0.1) is 0 Å². The molecule has 1 N–H and O–H groups in total. The van der Waals surface area contributed by atoms with E-state index in [-0.39, 0.29) is 41.2 Å². The number of hydrogen-bond acceptors (Lipinski definition) is 3. The van der Waals surface area contributed by atoms with Gasteiger partial charge in [0, 0.05) is 12.1 Å². The Labute approximate surface area is 147 Å². The van der Waals surface area contributed by atoms with Crippen molar-refractivity contribution >= 4 is 12.0 Å². The molecule has 21 heavy (non-hydrogen) atoms. The van der Waals surface area contributed by atoms with Gasteiger partial charge in [0.05, 0.1) is 7.11 Å². The molecule has 1 aromatic carbocycles. The molecular weight excluding hydrogens is 277 g/mol. The Kier molecular flexibility index (Phi) is 7.86. The molecule has 1 amide bonds. The van der Waals surface area contributed by atoms with Crippen LogP contribution >= 0.6 is 0 Å². The van der Waals surface area contributed by atoms with Gasteiger partial charge in [-0.2, -0.15) is 0 Å². The van der Waals surface area contributed by atoms with Crippen LogP contribution in [0.15, 0.2) is 24.3 Å². The number of methoxy groups -OCH3 is 1. The van der Waals surface area contributed by atoms with Gasteiger partial charge < -0.3 is 15.2 Å². The van der Waals surface area contributed by atoms with E-state index in [1.165, 1.54) is 38.5 Å². The molecular formula is C16H20NNaO3. The third kappa shape index (κ3) is 5.73. The maximum atomic E-state index is 11.8. The van der Waals surface area contributed by atoms with E-state index in [1.807, 2.05) is 0 Å². The molecule has 1 aliphatic rings. The molecule has 0 heterocycles. The number of carbonyl (C=O) groups is 1. The zero-order valence-corrected chi connectivity index (χ0v) is 14.7. The van der Waals surface area contributed by atoms with Crippen molar-refractivity contribution in [3.63, 3.8) is 0 Å². The van der Waals surface area contributed by atoms with E-state index in [0.29, 0.717) is 11.8 Å². The fourth-order valence-electron chi connectivity index (χ4n) is 2.46. The van der Waals surface area contributed by atoms with Crippen LogP contribution in [0.2, 0.25) is 0 Å². The van der Waals surface area contributed by atoms with Gasteiger partial charge in [-0.15, -0.1) is 0 Å². The number of hydrogen-bond donors (Lipinski definition) is 1. The van der Waals surface area contributed by atoms with Gasteiger partial charge in [-0.05, 0) is 30.5 Å². The van der Waals surface area contributed by atoms with Gasteiger partial charge >= 0.3 is 29.6 Å². The molecule has 1 aromatic rings. The minimum absolute atomic E-state index is 0. The summed E-state index contributed by atoms with van der Waals surface area (Å²) in [7, 11) is 1.46. The molecule has 0 aromatic heterocycles. The third-order valence-electron chi connectivity index (χ3n) is 3.57. The molecule has 0 aliphatic heterocycles. The third-order valence-corrected chi connectivity index (χ3v) is 3.57. The SMILES string of the molecule is COc1cc(/C=C/C(=O)NC2CCCCC2)ccc1[O-].[Na+]. The van der Waals surface area contributed by atoms with Crippen molar-refractivity contribution in [2.75, 3.05) is 7.11 Å². The Morgan fingerprint density at radius 1 is 1.33 bits per heavy atom. The molecule has 1 saturated carbocycles. The van der Waals surface area contributed by atoms with Crippen molar-refractivity contribution in [1.29, 1.82) is 0 Å². The summed E-state index contributed by atoms with van der Waals surface area (Å²) in [6.45, 7) is 0. The molecule has 0 saturated heterocycles. The average molecular weight is 297 g/mol. The molecule has 0 bridgehead atoms. The smallest absolute Gasteiger partial charge is 0.870 e. The van der Waals surface area contributed by atoms with Gasteiger partial charge in [-0.25, -0.2) is 0 Å². The number of nitrogens with one attached hydrogen (secondary N) is 1. The van der Waals surface area contributed by atoms with E-state index in [4.69, 9.17) is 4.74 Å². The van der Waals surface area contributed by atoms with Crippen molar-refractivity contribution < 1.29 is 44.2 Å². The number of amides is 1. The summed E-state index contributed by atoms with van der Waals surface area (Å²) in [5, 5.41) is 14.4. The maximum absolute atomic E-state index is 11.8. The molecule has 108 valence electrons. The topological polar surface area (TPSA) is 61.4 Å². The van der Waals surface area contributed by atoms with Crippen molar-refractivity contribution in [1.82, 2.24) is 5.32 Å². The Morgan fingerprint density at radius 3 is 2.71 bits per heavy atom. The maximum Gasteiger partial charge on any atom is 1.00 e. The summed E-state index contributed by atoms with van der Waals surface area (Å²) in [6, 6.07) is 5.05.